The fourth-order valence-corrected chi connectivity index (χ4v) is 2.49. The van der Waals surface area contributed by atoms with Gasteiger partial charge in [-0.3, -0.25) is 0 Å². The SMILES string of the molecule is CCNC(=NCc1nc(C(F)(F)F)cs1)NCC(C)(C)S(C)(=O)=O. The van der Waals surface area contributed by atoms with Gasteiger partial charge >= 0.3 is 6.18 Å². The Kier molecular flexibility index (Phi) is 6.62. The minimum atomic E-state index is -4.47. The summed E-state index contributed by atoms with van der Waals surface area (Å²) in [6.45, 7) is 5.59. The third-order valence-electron chi connectivity index (χ3n) is 3.24. The topological polar surface area (TPSA) is 83.4 Å². The second-order valence-corrected chi connectivity index (χ2v) is 9.30. The number of guanidine groups is 1. The Morgan fingerprint density at radius 1 is 1.33 bits per heavy atom. The number of hydrogen-bond acceptors (Lipinski definition) is 5. The molecule has 0 aliphatic carbocycles. The molecule has 0 atom stereocenters. The van der Waals surface area contributed by atoms with Crippen molar-refractivity contribution in [3.05, 3.63) is 16.1 Å². The Balaban J connectivity index is 2.78. The second-order valence-electron chi connectivity index (χ2n) is 5.70. The van der Waals surface area contributed by atoms with E-state index in [1.807, 2.05) is 6.92 Å². The summed E-state index contributed by atoms with van der Waals surface area (Å²) in [6, 6.07) is 0. The van der Waals surface area contributed by atoms with Crippen LogP contribution in [0.2, 0.25) is 0 Å². The van der Waals surface area contributed by atoms with E-state index >= 15 is 0 Å². The van der Waals surface area contributed by atoms with Gasteiger partial charge in [0.1, 0.15) is 5.01 Å². The van der Waals surface area contributed by atoms with Crippen molar-refractivity contribution in [2.24, 2.45) is 4.99 Å². The van der Waals surface area contributed by atoms with E-state index in [9.17, 15) is 21.6 Å². The third-order valence-corrected chi connectivity index (χ3v) is 6.23. The summed E-state index contributed by atoms with van der Waals surface area (Å²) in [5.41, 5.74) is -0.936. The van der Waals surface area contributed by atoms with Crippen molar-refractivity contribution < 1.29 is 21.6 Å². The maximum absolute atomic E-state index is 12.5. The first-order valence-corrected chi connectivity index (χ1v) is 9.87. The van der Waals surface area contributed by atoms with Crippen molar-refractivity contribution in [1.29, 1.82) is 0 Å². The molecule has 138 valence electrons. The van der Waals surface area contributed by atoms with E-state index in [4.69, 9.17) is 0 Å². The molecule has 1 heterocycles. The molecule has 1 rings (SSSR count). The summed E-state index contributed by atoms with van der Waals surface area (Å²) < 4.78 is 59.9. The number of thiazole rings is 1. The molecule has 0 saturated carbocycles. The van der Waals surface area contributed by atoms with Crippen LogP contribution in [0.15, 0.2) is 10.4 Å². The molecule has 2 N–H and O–H groups in total. The molecule has 0 aliphatic heterocycles. The van der Waals surface area contributed by atoms with Crippen LogP contribution in [0.25, 0.3) is 0 Å². The number of nitrogens with one attached hydrogen (secondary N) is 2. The molecule has 0 radical (unpaired) electrons. The van der Waals surface area contributed by atoms with Crippen molar-refractivity contribution in [3.8, 4) is 0 Å². The number of hydrogen-bond donors (Lipinski definition) is 2. The first-order chi connectivity index (χ1) is 10.9. The Bertz CT molecular complexity index is 682. The van der Waals surface area contributed by atoms with Gasteiger partial charge in [0.05, 0.1) is 11.3 Å². The van der Waals surface area contributed by atoms with E-state index in [1.54, 1.807) is 13.8 Å². The molecule has 11 heteroatoms. The van der Waals surface area contributed by atoms with Crippen LogP contribution in [0.5, 0.6) is 0 Å². The van der Waals surface area contributed by atoms with Gasteiger partial charge in [-0.2, -0.15) is 13.2 Å². The van der Waals surface area contributed by atoms with Gasteiger partial charge in [-0.05, 0) is 20.8 Å². The molecule has 0 amide bonds. The highest BCUT2D eigenvalue weighted by atomic mass is 32.2. The van der Waals surface area contributed by atoms with Crippen molar-refractivity contribution in [2.45, 2.75) is 38.2 Å². The van der Waals surface area contributed by atoms with Crippen LogP contribution in [0, 0.1) is 0 Å². The molecule has 0 aliphatic rings. The van der Waals surface area contributed by atoms with Crippen molar-refractivity contribution >= 4 is 27.1 Å². The monoisotopic (exact) mass is 386 g/mol. The van der Waals surface area contributed by atoms with Crippen LogP contribution in [-0.4, -0.2) is 43.5 Å². The lowest BCUT2D eigenvalue weighted by Crippen LogP contribution is -2.47. The highest BCUT2D eigenvalue weighted by Crippen LogP contribution is 2.30. The van der Waals surface area contributed by atoms with Crippen LogP contribution in [-0.2, 0) is 22.6 Å². The predicted octanol–water partition coefficient (Wildman–Crippen LogP) is 2.04. The molecule has 0 spiro atoms. The Morgan fingerprint density at radius 3 is 2.42 bits per heavy atom. The molecule has 0 unspecified atom stereocenters. The van der Waals surface area contributed by atoms with E-state index in [-0.39, 0.29) is 18.1 Å². The fraction of sp³-hybridized carbons (Fsp3) is 0.692. The van der Waals surface area contributed by atoms with Crippen LogP contribution in [0.3, 0.4) is 0 Å². The second kappa shape index (κ2) is 7.68. The molecule has 0 aromatic carbocycles. The largest absolute Gasteiger partial charge is 0.434 e. The van der Waals surface area contributed by atoms with E-state index in [2.05, 4.69) is 20.6 Å². The third kappa shape index (κ3) is 5.93. The summed E-state index contributed by atoms with van der Waals surface area (Å²) >= 11 is 0.875. The van der Waals surface area contributed by atoms with Gasteiger partial charge in [0.25, 0.3) is 0 Å². The summed E-state index contributed by atoms with van der Waals surface area (Å²) in [4.78, 5) is 7.64. The van der Waals surface area contributed by atoms with E-state index in [0.29, 0.717) is 12.5 Å². The zero-order valence-electron chi connectivity index (χ0n) is 13.9. The lowest BCUT2D eigenvalue weighted by atomic mass is 10.2. The fourth-order valence-electron chi connectivity index (χ4n) is 1.43. The lowest BCUT2D eigenvalue weighted by molar-refractivity contribution is -0.140. The van der Waals surface area contributed by atoms with Crippen LogP contribution < -0.4 is 10.6 Å². The molecular formula is C13H21F3N4O2S2. The first-order valence-electron chi connectivity index (χ1n) is 7.10. The smallest absolute Gasteiger partial charge is 0.357 e. The van der Waals surface area contributed by atoms with E-state index < -0.39 is 26.5 Å². The van der Waals surface area contributed by atoms with Gasteiger partial charge in [-0.25, -0.2) is 18.4 Å². The molecule has 0 bridgehead atoms. The molecule has 24 heavy (non-hydrogen) atoms. The minimum absolute atomic E-state index is 0.0324. The Morgan fingerprint density at radius 2 is 1.96 bits per heavy atom. The maximum Gasteiger partial charge on any atom is 0.434 e. The summed E-state index contributed by atoms with van der Waals surface area (Å²) in [5.74, 6) is 0.318. The zero-order chi connectivity index (χ0) is 18.6. The molecule has 1 aromatic rings. The van der Waals surface area contributed by atoms with Crippen molar-refractivity contribution in [3.63, 3.8) is 0 Å². The van der Waals surface area contributed by atoms with Gasteiger partial charge in [0.15, 0.2) is 21.5 Å². The number of alkyl halides is 3. The first kappa shape index (κ1) is 20.7. The van der Waals surface area contributed by atoms with Crippen molar-refractivity contribution in [1.82, 2.24) is 15.6 Å². The Hall–Kier alpha value is -1.36. The average molecular weight is 386 g/mol. The van der Waals surface area contributed by atoms with E-state index in [0.717, 1.165) is 23.0 Å². The summed E-state index contributed by atoms with van der Waals surface area (Å²) in [7, 11) is -3.27. The normalized spacial score (nSPS) is 13.9. The van der Waals surface area contributed by atoms with Gasteiger partial charge < -0.3 is 10.6 Å². The Labute approximate surface area is 143 Å². The molecule has 0 saturated heterocycles. The number of nitrogens with zero attached hydrogens (tertiary/aromatic N) is 2. The van der Waals surface area contributed by atoms with Gasteiger partial charge in [0, 0.05) is 24.7 Å². The van der Waals surface area contributed by atoms with Crippen LogP contribution in [0.1, 0.15) is 31.5 Å². The quantitative estimate of drug-likeness (QED) is 0.577. The summed E-state index contributed by atoms with van der Waals surface area (Å²) in [6.07, 6.45) is -3.33. The van der Waals surface area contributed by atoms with Gasteiger partial charge in [-0.1, -0.05) is 0 Å². The van der Waals surface area contributed by atoms with Gasteiger partial charge in [-0.15, -0.1) is 11.3 Å². The van der Waals surface area contributed by atoms with Crippen LogP contribution >= 0.6 is 11.3 Å². The number of aliphatic imine (C=N–C) groups is 1. The average Bonchev–Trinajstić information content (AvgIpc) is 2.89. The molecule has 1 aromatic heterocycles. The number of sulfone groups is 1. The standard InChI is InChI=1S/C13H21F3N4O2S2/c1-5-17-11(19-8-12(2,3)24(4,21)22)18-6-10-20-9(7-23-10)13(14,15)16/h7H,5-6,8H2,1-4H3,(H2,17,18,19). The summed E-state index contributed by atoms with van der Waals surface area (Å²) in [5, 5.41) is 6.97. The lowest BCUT2D eigenvalue weighted by Gasteiger charge is -2.24. The number of rotatable bonds is 6. The molecule has 0 fully saturated rings. The molecule has 6 nitrogen and oxygen atoms in total. The van der Waals surface area contributed by atoms with Gasteiger partial charge in [0.2, 0.25) is 0 Å². The number of aromatic nitrogens is 1. The predicted molar refractivity (Wildman–Crippen MR) is 88.9 cm³/mol. The number of halogens is 3. The van der Waals surface area contributed by atoms with E-state index in [1.165, 1.54) is 0 Å². The minimum Gasteiger partial charge on any atom is -0.357 e. The highest BCUT2D eigenvalue weighted by molar-refractivity contribution is 7.92. The maximum atomic E-state index is 12.5. The molecular weight excluding hydrogens is 365 g/mol. The van der Waals surface area contributed by atoms with Crippen LogP contribution in [0.4, 0.5) is 13.2 Å². The highest BCUT2D eigenvalue weighted by Gasteiger charge is 2.33. The van der Waals surface area contributed by atoms with Crippen molar-refractivity contribution in [2.75, 3.05) is 19.3 Å². The zero-order valence-corrected chi connectivity index (χ0v) is 15.5.